The Balaban J connectivity index is 2.51. The second-order valence-electron chi connectivity index (χ2n) is 5.42. The van der Waals surface area contributed by atoms with Crippen molar-refractivity contribution in [3.8, 4) is 0 Å². The van der Waals surface area contributed by atoms with Crippen LogP contribution in [-0.2, 0) is 9.92 Å². The fraction of sp³-hybridized carbons (Fsp3) is 0.600. The monoisotopic (exact) mass is 295 g/mol. The Hall–Kier alpha value is -1.07. The van der Waals surface area contributed by atoms with Crippen molar-refractivity contribution >= 4 is 15.6 Å². The maximum atomic E-state index is 13.6. The lowest BCUT2D eigenvalue weighted by atomic mass is 10.2. The highest BCUT2D eigenvalue weighted by Gasteiger charge is 2.34. The maximum Gasteiger partial charge on any atom is 0.140 e. The van der Waals surface area contributed by atoms with Gasteiger partial charge in [-0.1, -0.05) is 19.9 Å². The summed E-state index contributed by atoms with van der Waals surface area (Å²) in [6.45, 7) is 4.18. The largest absolute Gasteiger partial charge is 0.399 e. The molecule has 1 saturated carbocycles. The number of rotatable bonds is 6. The average Bonchev–Trinajstić information content (AvgIpc) is 3.28. The Labute approximate surface area is 122 Å². The third kappa shape index (κ3) is 3.15. The molecule has 0 radical (unpaired) electrons. The van der Waals surface area contributed by atoms with Gasteiger partial charge in [-0.3, -0.25) is 0 Å². The highest BCUT2D eigenvalue weighted by Crippen LogP contribution is 2.33. The lowest BCUT2D eigenvalue weighted by molar-refractivity contribution is 0.500. The molecule has 2 rings (SSSR count). The molecule has 0 aliphatic heterocycles. The fourth-order valence-electron chi connectivity index (χ4n) is 2.26. The van der Waals surface area contributed by atoms with E-state index < -0.39 is 9.92 Å². The zero-order valence-corrected chi connectivity index (χ0v) is 13.4. The van der Waals surface area contributed by atoms with Crippen molar-refractivity contribution in [1.82, 2.24) is 4.31 Å². The van der Waals surface area contributed by atoms with Gasteiger partial charge in [0.15, 0.2) is 0 Å². The molecular weight excluding hydrogens is 270 g/mol. The van der Waals surface area contributed by atoms with Crippen molar-refractivity contribution in [1.29, 1.82) is 0 Å². The lowest BCUT2D eigenvalue weighted by Crippen LogP contribution is -2.30. The van der Waals surface area contributed by atoms with Crippen LogP contribution in [0.5, 0.6) is 0 Å². The van der Waals surface area contributed by atoms with Gasteiger partial charge in [0.2, 0.25) is 0 Å². The summed E-state index contributed by atoms with van der Waals surface area (Å²) in [6.07, 6.45) is 4.03. The first-order chi connectivity index (χ1) is 9.51. The van der Waals surface area contributed by atoms with E-state index in [0.29, 0.717) is 11.7 Å². The molecule has 1 fully saturated rings. The Morgan fingerprint density at radius 1 is 1.40 bits per heavy atom. The number of anilines is 1. The number of nitrogen functional groups attached to an aromatic ring is 1. The Kier molecular flexibility index (Phi) is 4.70. The molecule has 0 aromatic heterocycles. The Morgan fingerprint density at radius 2 is 2.05 bits per heavy atom. The number of nitrogens with zero attached hydrogens (tertiary/aromatic N) is 2. The highest BCUT2D eigenvalue weighted by atomic mass is 32.2. The van der Waals surface area contributed by atoms with Crippen LogP contribution < -0.4 is 5.73 Å². The normalized spacial score (nSPS) is 18.2. The minimum Gasteiger partial charge on any atom is -0.399 e. The van der Waals surface area contributed by atoms with Gasteiger partial charge in [-0.25, -0.2) is 12.9 Å². The van der Waals surface area contributed by atoms with E-state index in [9.17, 15) is 4.21 Å². The van der Waals surface area contributed by atoms with E-state index >= 15 is 0 Å². The van der Waals surface area contributed by atoms with Crippen LogP contribution in [-0.4, -0.2) is 27.6 Å². The van der Waals surface area contributed by atoms with E-state index in [1.54, 1.807) is 6.07 Å². The molecule has 2 N–H and O–H groups in total. The number of hydrogen-bond acceptors (Lipinski definition) is 3. The second-order valence-corrected chi connectivity index (χ2v) is 7.67. The molecular formula is C15H25N3OS. The average molecular weight is 295 g/mol. The third-order valence-electron chi connectivity index (χ3n) is 3.85. The molecule has 0 heterocycles. The van der Waals surface area contributed by atoms with Crippen molar-refractivity contribution in [2.24, 2.45) is 4.36 Å². The SMILES string of the molecule is CCC(CC)N=S(=O)(c1cccc(N)c1)N(C)C1CC1. The van der Waals surface area contributed by atoms with Crippen LogP contribution in [0.2, 0.25) is 0 Å². The van der Waals surface area contributed by atoms with Gasteiger partial charge < -0.3 is 5.73 Å². The molecule has 112 valence electrons. The molecule has 1 aromatic carbocycles. The molecule has 1 unspecified atom stereocenters. The molecule has 1 aromatic rings. The predicted octanol–water partition coefficient (Wildman–Crippen LogP) is 3.29. The molecule has 1 atom stereocenters. The topological polar surface area (TPSA) is 58.7 Å². The van der Waals surface area contributed by atoms with Gasteiger partial charge >= 0.3 is 0 Å². The lowest BCUT2D eigenvalue weighted by Gasteiger charge is -2.24. The summed E-state index contributed by atoms with van der Waals surface area (Å²) in [4.78, 5) is 0.735. The van der Waals surface area contributed by atoms with E-state index in [1.165, 1.54) is 0 Å². The first-order valence-electron chi connectivity index (χ1n) is 7.36. The first-order valence-corrected chi connectivity index (χ1v) is 8.83. The molecule has 0 saturated heterocycles. The minimum absolute atomic E-state index is 0.130. The van der Waals surface area contributed by atoms with Crippen molar-refractivity contribution in [3.05, 3.63) is 24.3 Å². The molecule has 0 spiro atoms. The van der Waals surface area contributed by atoms with E-state index in [1.807, 2.05) is 29.6 Å². The van der Waals surface area contributed by atoms with Crippen LogP contribution in [0.3, 0.4) is 0 Å². The third-order valence-corrected chi connectivity index (χ3v) is 6.38. The van der Waals surface area contributed by atoms with Crippen LogP contribution in [0.25, 0.3) is 0 Å². The molecule has 20 heavy (non-hydrogen) atoms. The van der Waals surface area contributed by atoms with Gasteiger partial charge in [0.25, 0.3) is 0 Å². The van der Waals surface area contributed by atoms with E-state index in [2.05, 4.69) is 13.8 Å². The number of nitrogens with two attached hydrogens (primary N) is 1. The van der Waals surface area contributed by atoms with Crippen molar-refractivity contribution in [2.75, 3.05) is 12.8 Å². The summed E-state index contributed by atoms with van der Waals surface area (Å²) in [5.74, 6) is 0. The van der Waals surface area contributed by atoms with Gasteiger partial charge in [0.1, 0.15) is 9.92 Å². The zero-order chi connectivity index (χ0) is 14.8. The zero-order valence-electron chi connectivity index (χ0n) is 12.6. The molecule has 1 aliphatic rings. The fourth-order valence-corrected chi connectivity index (χ4v) is 4.73. The molecule has 0 amide bonds. The van der Waals surface area contributed by atoms with Gasteiger partial charge in [-0.2, -0.15) is 0 Å². The summed E-state index contributed by atoms with van der Waals surface area (Å²) in [5, 5.41) is 0. The van der Waals surface area contributed by atoms with E-state index in [4.69, 9.17) is 10.1 Å². The molecule has 1 aliphatic carbocycles. The highest BCUT2D eigenvalue weighted by molar-refractivity contribution is 7.91. The second kappa shape index (κ2) is 6.14. The van der Waals surface area contributed by atoms with E-state index in [0.717, 1.165) is 30.6 Å². The predicted molar refractivity (Wildman–Crippen MR) is 84.8 cm³/mol. The van der Waals surface area contributed by atoms with Gasteiger partial charge in [0.05, 0.1) is 10.9 Å². The van der Waals surface area contributed by atoms with Gasteiger partial charge in [-0.05, 0) is 43.9 Å². The number of benzene rings is 1. The van der Waals surface area contributed by atoms with Crippen molar-refractivity contribution in [3.63, 3.8) is 0 Å². The quantitative estimate of drug-likeness (QED) is 0.819. The Bertz CT molecular complexity index is 570. The summed E-state index contributed by atoms with van der Waals surface area (Å²) < 4.78 is 20.2. The summed E-state index contributed by atoms with van der Waals surface area (Å²) in [6, 6.07) is 7.87. The minimum atomic E-state index is -2.55. The summed E-state index contributed by atoms with van der Waals surface area (Å²) in [7, 11) is -0.625. The van der Waals surface area contributed by atoms with Crippen LogP contribution in [0, 0.1) is 0 Å². The van der Waals surface area contributed by atoms with Crippen LogP contribution in [0.4, 0.5) is 5.69 Å². The summed E-state index contributed by atoms with van der Waals surface area (Å²) in [5.41, 5.74) is 6.50. The first kappa shape index (κ1) is 15.3. The van der Waals surface area contributed by atoms with E-state index in [-0.39, 0.29) is 6.04 Å². The van der Waals surface area contributed by atoms with Crippen molar-refractivity contribution in [2.45, 2.75) is 56.5 Å². The number of hydrogen-bond donors (Lipinski definition) is 1. The molecule has 0 bridgehead atoms. The Morgan fingerprint density at radius 3 is 2.55 bits per heavy atom. The van der Waals surface area contributed by atoms with Gasteiger partial charge in [-0.15, -0.1) is 0 Å². The van der Waals surface area contributed by atoms with Crippen LogP contribution in [0.15, 0.2) is 33.5 Å². The van der Waals surface area contributed by atoms with Crippen LogP contribution >= 0.6 is 0 Å². The summed E-state index contributed by atoms with van der Waals surface area (Å²) >= 11 is 0. The molecule has 5 heteroatoms. The maximum absolute atomic E-state index is 13.6. The van der Waals surface area contributed by atoms with Crippen molar-refractivity contribution < 1.29 is 4.21 Å². The smallest absolute Gasteiger partial charge is 0.140 e. The van der Waals surface area contributed by atoms with Gasteiger partial charge in [0, 0.05) is 18.8 Å². The van der Waals surface area contributed by atoms with Crippen LogP contribution in [0.1, 0.15) is 39.5 Å². The standard InChI is InChI=1S/C15H25N3OS/c1-4-13(5-2)17-20(19,18(3)14-9-10-14)15-8-6-7-12(16)11-15/h6-8,11,13-14H,4-5,9-10,16H2,1-3H3. The molecule has 4 nitrogen and oxygen atoms in total.